The molecule has 84 valence electrons. The highest BCUT2D eigenvalue weighted by Crippen LogP contribution is 2.36. The van der Waals surface area contributed by atoms with E-state index in [0.29, 0.717) is 5.92 Å². The van der Waals surface area contributed by atoms with Crippen molar-refractivity contribution in [2.45, 2.75) is 38.0 Å². The van der Waals surface area contributed by atoms with Crippen LogP contribution in [0.4, 0.5) is 0 Å². The van der Waals surface area contributed by atoms with Gasteiger partial charge in [0.25, 0.3) is 0 Å². The van der Waals surface area contributed by atoms with Gasteiger partial charge in [-0.25, -0.2) is 0 Å². The second-order valence-corrected chi connectivity index (χ2v) is 4.62. The predicted octanol–water partition coefficient (Wildman–Crippen LogP) is 3.16. The van der Waals surface area contributed by atoms with E-state index in [0.717, 1.165) is 12.5 Å². The van der Waals surface area contributed by atoms with Gasteiger partial charge < -0.3 is 9.73 Å². The summed E-state index contributed by atoms with van der Waals surface area (Å²) in [6.45, 7) is 1.13. The fraction of sp³-hybridized carbons (Fsp3) is 0.692. The van der Waals surface area contributed by atoms with E-state index in [9.17, 15) is 0 Å². The molecule has 2 atom stereocenters. The van der Waals surface area contributed by atoms with Gasteiger partial charge in [0, 0.05) is 0 Å². The van der Waals surface area contributed by atoms with E-state index in [1.807, 2.05) is 6.26 Å². The minimum atomic E-state index is 0.707. The van der Waals surface area contributed by atoms with Gasteiger partial charge >= 0.3 is 0 Å². The van der Waals surface area contributed by atoms with Gasteiger partial charge in [0.2, 0.25) is 0 Å². The average molecular weight is 207 g/mol. The smallest absolute Gasteiger partial charge is 0.0937 e. The van der Waals surface area contributed by atoms with Gasteiger partial charge in [-0.3, -0.25) is 0 Å². The van der Waals surface area contributed by atoms with Crippen molar-refractivity contribution >= 4 is 0 Å². The lowest BCUT2D eigenvalue weighted by Gasteiger charge is -2.23. The van der Waals surface area contributed by atoms with Gasteiger partial charge in [-0.15, -0.1) is 0 Å². The molecular formula is C13H21NO. The SMILES string of the molecule is CNCC1CCCCCC1c1ccoc1. The first-order valence-corrected chi connectivity index (χ1v) is 6.08. The van der Waals surface area contributed by atoms with Crippen LogP contribution in [0.2, 0.25) is 0 Å². The fourth-order valence-electron chi connectivity index (χ4n) is 2.82. The lowest BCUT2D eigenvalue weighted by molar-refractivity contribution is 0.383. The van der Waals surface area contributed by atoms with Crippen LogP contribution in [-0.4, -0.2) is 13.6 Å². The molecule has 2 heteroatoms. The molecule has 1 fully saturated rings. The third-order valence-corrected chi connectivity index (χ3v) is 3.60. The first-order valence-electron chi connectivity index (χ1n) is 6.08. The van der Waals surface area contributed by atoms with Crippen molar-refractivity contribution in [3.63, 3.8) is 0 Å². The molecule has 0 radical (unpaired) electrons. The molecule has 0 spiro atoms. The van der Waals surface area contributed by atoms with Crippen LogP contribution < -0.4 is 5.32 Å². The number of hydrogen-bond donors (Lipinski definition) is 1. The molecule has 0 amide bonds. The highest BCUT2D eigenvalue weighted by molar-refractivity contribution is 5.14. The zero-order valence-corrected chi connectivity index (χ0v) is 9.54. The molecule has 1 aromatic heterocycles. The maximum atomic E-state index is 5.21. The van der Waals surface area contributed by atoms with Crippen molar-refractivity contribution in [1.29, 1.82) is 0 Å². The van der Waals surface area contributed by atoms with Crippen LogP contribution in [0.5, 0.6) is 0 Å². The Kier molecular flexibility index (Phi) is 3.84. The maximum absolute atomic E-state index is 5.21. The summed E-state index contributed by atoms with van der Waals surface area (Å²) in [6, 6.07) is 2.14. The molecule has 2 nitrogen and oxygen atoms in total. The highest BCUT2D eigenvalue weighted by Gasteiger charge is 2.25. The molecule has 15 heavy (non-hydrogen) atoms. The quantitative estimate of drug-likeness (QED) is 0.770. The van der Waals surface area contributed by atoms with Crippen molar-refractivity contribution in [3.8, 4) is 0 Å². The van der Waals surface area contributed by atoms with E-state index < -0.39 is 0 Å². The van der Waals surface area contributed by atoms with E-state index >= 15 is 0 Å². The average Bonchev–Trinajstić information content (AvgIpc) is 2.67. The number of rotatable bonds is 3. The largest absolute Gasteiger partial charge is 0.472 e. The zero-order chi connectivity index (χ0) is 10.5. The van der Waals surface area contributed by atoms with Gasteiger partial charge in [0.05, 0.1) is 12.5 Å². The van der Waals surface area contributed by atoms with Crippen molar-refractivity contribution in [3.05, 3.63) is 24.2 Å². The third-order valence-electron chi connectivity index (χ3n) is 3.60. The van der Waals surface area contributed by atoms with E-state index in [-0.39, 0.29) is 0 Å². The Hall–Kier alpha value is -0.760. The monoisotopic (exact) mass is 207 g/mol. The fourth-order valence-corrected chi connectivity index (χ4v) is 2.82. The molecule has 0 saturated heterocycles. The summed E-state index contributed by atoms with van der Waals surface area (Å²) < 4.78 is 5.21. The van der Waals surface area contributed by atoms with Crippen LogP contribution in [0.1, 0.15) is 43.6 Å². The van der Waals surface area contributed by atoms with E-state index in [1.54, 1.807) is 6.26 Å². The highest BCUT2D eigenvalue weighted by atomic mass is 16.3. The molecule has 1 saturated carbocycles. The Bertz CT molecular complexity index is 268. The van der Waals surface area contributed by atoms with Gasteiger partial charge in [-0.2, -0.15) is 0 Å². The number of nitrogens with one attached hydrogen (secondary N) is 1. The Morgan fingerprint density at radius 1 is 1.33 bits per heavy atom. The van der Waals surface area contributed by atoms with E-state index in [4.69, 9.17) is 4.42 Å². The number of hydrogen-bond acceptors (Lipinski definition) is 2. The molecular weight excluding hydrogens is 186 g/mol. The maximum Gasteiger partial charge on any atom is 0.0937 e. The van der Waals surface area contributed by atoms with Crippen LogP contribution in [0.3, 0.4) is 0 Å². The van der Waals surface area contributed by atoms with Crippen LogP contribution >= 0.6 is 0 Å². The Morgan fingerprint density at radius 3 is 2.93 bits per heavy atom. The topological polar surface area (TPSA) is 25.2 Å². The van der Waals surface area contributed by atoms with E-state index in [1.165, 1.54) is 37.7 Å². The zero-order valence-electron chi connectivity index (χ0n) is 9.54. The van der Waals surface area contributed by atoms with Crippen molar-refractivity contribution < 1.29 is 4.42 Å². The van der Waals surface area contributed by atoms with Gasteiger partial charge in [0.1, 0.15) is 0 Å². The summed E-state index contributed by atoms with van der Waals surface area (Å²) in [4.78, 5) is 0. The Labute approximate surface area is 92.1 Å². The molecule has 2 unspecified atom stereocenters. The summed E-state index contributed by atoms with van der Waals surface area (Å²) >= 11 is 0. The van der Waals surface area contributed by atoms with Crippen LogP contribution in [0, 0.1) is 5.92 Å². The molecule has 2 rings (SSSR count). The minimum Gasteiger partial charge on any atom is -0.472 e. The molecule has 0 aliphatic heterocycles. The van der Waals surface area contributed by atoms with Crippen molar-refractivity contribution in [1.82, 2.24) is 5.32 Å². The second kappa shape index (κ2) is 5.36. The molecule has 1 aliphatic rings. The molecule has 0 aromatic carbocycles. The van der Waals surface area contributed by atoms with Crippen LogP contribution in [0.25, 0.3) is 0 Å². The molecule has 1 heterocycles. The lowest BCUT2D eigenvalue weighted by atomic mass is 9.83. The predicted molar refractivity (Wildman–Crippen MR) is 62.0 cm³/mol. The summed E-state index contributed by atoms with van der Waals surface area (Å²) in [7, 11) is 2.05. The van der Waals surface area contributed by atoms with E-state index in [2.05, 4.69) is 18.4 Å². The lowest BCUT2D eigenvalue weighted by Crippen LogP contribution is -2.23. The molecule has 0 bridgehead atoms. The van der Waals surface area contributed by atoms with Gasteiger partial charge in [0.15, 0.2) is 0 Å². The van der Waals surface area contributed by atoms with Crippen LogP contribution in [0.15, 0.2) is 23.0 Å². The van der Waals surface area contributed by atoms with Gasteiger partial charge in [-0.1, -0.05) is 19.3 Å². The Morgan fingerprint density at radius 2 is 2.20 bits per heavy atom. The third kappa shape index (κ3) is 2.63. The number of furan rings is 1. The van der Waals surface area contributed by atoms with Gasteiger partial charge in [-0.05, 0) is 49.9 Å². The van der Waals surface area contributed by atoms with Crippen LogP contribution in [-0.2, 0) is 0 Å². The summed E-state index contributed by atoms with van der Waals surface area (Å²) in [5.74, 6) is 1.49. The normalized spacial score (nSPS) is 27.5. The summed E-state index contributed by atoms with van der Waals surface area (Å²) in [5, 5.41) is 3.33. The first-order chi connectivity index (χ1) is 7.42. The Balaban J connectivity index is 2.09. The molecule has 1 N–H and O–H groups in total. The summed E-state index contributed by atoms with van der Waals surface area (Å²) in [6.07, 6.45) is 10.6. The van der Waals surface area contributed by atoms with Crippen molar-refractivity contribution in [2.75, 3.05) is 13.6 Å². The summed E-state index contributed by atoms with van der Waals surface area (Å²) in [5.41, 5.74) is 1.40. The molecule has 1 aromatic rings. The van der Waals surface area contributed by atoms with Crippen molar-refractivity contribution in [2.24, 2.45) is 5.92 Å². The molecule has 1 aliphatic carbocycles. The standard InChI is InChI=1S/C13H21NO/c1-14-9-11-5-3-2-4-6-13(11)12-7-8-15-10-12/h7-8,10-11,13-14H,2-6,9H2,1H3. The first kappa shape index (κ1) is 10.7. The second-order valence-electron chi connectivity index (χ2n) is 4.62. The minimum absolute atomic E-state index is 0.707.